The quantitative estimate of drug-likeness (QED) is 0.131. The van der Waals surface area contributed by atoms with Gasteiger partial charge in [-0.05, 0) is 130 Å². The van der Waals surface area contributed by atoms with Crippen LogP contribution in [0, 0.1) is 17.0 Å². The summed E-state index contributed by atoms with van der Waals surface area (Å²) < 4.78 is 38.8. The number of imide groups is 1. The topological polar surface area (TPSA) is 171 Å². The van der Waals surface area contributed by atoms with Crippen LogP contribution in [-0.2, 0) is 22.6 Å². The first-order chi connectivity index (χ1) is 35.2. The third-order valence-corrected chi connectivity index (χ3v) is 17.1. The number of nitrogens with zero attached hydrogens (tertiary/aromatic N) is 9. The molecule has 1 saturated carbocycles. The molecule has 0 unspecified atom stereocenters. The number of nitrogens with one attached hydrogen (secondary N) is 1. The molecule has 384 valence electrons. The number of aryl methyl sites for hydroxylation is 1. The number of amides is 3. The number of benzene rings is 3. The fourth-order valence-electron chi connectivity index (χ4n) is 12.7. The van der Waals surface area contributed by atoms with E-state index < -0.39 is 23.3 Å². The summed E-state index contributed by atoms with van der Waals surface area (Å²) in [5, 5.41) is 25.7. The van der Waals surface area contributed by atoms with Crippen molar-refractivity contribution in [2.45, 2.75) is 102 Å². The molecule has 3 amide bonds. The number of likely N-dealkylation sites (tertiary alicyclic amines) is 2. The van der Waals surface area contributed by atoms with E-state index in [-0.39, 0.29) is 58.1 Å². The molecular weight excluding hydrogens is 935 g/mol. The molecule has 8 heterocycles. The maximum absolute atomic E-state index is 17.2. The van der Waals surface area contributed by atoms with Gasteiger partial charge in [-0.15, -0.1) is 0 Å². The van der Waals surface area contributed by atoms with Gasteiger partial charge in [-0.1, -0.05) is 13.0 Å². The standard InChI is InChI=1S/C55H64F2N10O6/c1-3-39-43(56)8-5-33-24-38(68)25-41(46(33)39)48-47(57)49-42(26-58-48)50(65-16-4-13-54(2,72)30-65)61-53(60-49)73-32-55(14-15-55)31-62-17-11-35(12-18-62)66-28-37(29-66)64-21-19-63(20-22-64)36-6-7-40-34(23-36)27-67(52(40)71)44-9-10-45(69)59-51(44)70/h5-8,23-26,35,37,44,68,72H,3-4,9-22,27-32H2,1-2H3,(H,59,69,70)/t44-,54+/m0/s1. The number of rotatable bonds is 12. The number of aromatic nitrogens is 3. The maximum Gasteiger partial charge on any atom is 0.319 e. The Morgan fingerprint density at radius 3 is 2.40 bits per heavy atom. The summed E-state index contributed by atoms with van der Waals surface area (Å²) in [6, 6.07) is 12.5. The molecule has 5 aromatic rings. The third-order valence-electron chi connectivity index (χ3n) is 17.1. The maximum atomic E-state index is 17.2. The molecule has 3 N–H and O–H groups in total. The van der Waals surface area contributed by atoms with Gasteiger partial charge < -0.3 is 34.5 Å². The second kappa shape index (κ2) is 18.7. The largest absolute Gasteiger partial charge is 0.508 e. The molecule has 0 bridgehead atoms. The zero-order chi connectivity index (χ0) is 50.3. The fourth-order valence-corrected chi connectivity index (χ4v) is 12.7. The number of β-amino-alcohol motifs (C(OH)–C–C–N with tert-alkyl or cyclic N) is 1. The normalized spacial score (nSPS) is 24.4. The zero-order valence-corrected chi connectivity index (χ0v) is 41.7. The van der Waals surface area contributed by atoms with Crippen LogP contribution in [0.25, 0.3) is 32.9 Å². The predicted octanol–water partition coefficient (Wildman–Crippen LogP) is 5.63. The van der Waals surface area contributed by atoms with E-state index in [2.05, 4.69) is 36.0 Å². The van der Waals surface area contributed by atoms with Crippen LogP contribution in [0.1, 0.15) is 86.7 Å². The SMILES string of the molecule is CCc1c(F)ccc2cc(O)cc(-c3ncc4c(N5CCC[C@@](C)(O)C5)nc(OCC5(CN6CCC(N7CC(N8CCN(c9ccc%10c(c9)CN([C@H]9CCC(=O)NC9=O)C%10=O)CC8)C7)CC6)CC5)nc4c3F)c12. The highest BCUT2D eigenvalue weighted by atomic mass is 19.1. The first-order valence-electron chi connectivity index (χ1n) is 26.4. The number of hydrogen-bond acceptors (Lipinski definition) is 14. The first kappa shape index (κ1) is 47.9. The molecule has 6 fully saturated rings. The highest BCUT2D eigenvalue weighted by Crippen LogP contribution is 2.47. The number of pyridine rings is 1. The molecule has 73 heavy (non-hydrogen) atoms. The lowest BCUT2D eigenvalue weighted by Gasteiger charge is -2.52. The summed E-state index contributed by atoms with van der Waals surface area (Å²) >= 11 is 0. The minimum atomic E-state index is -0.964. The van der Waals surface area contributed by atoms with E-state index in [1.54, 1.807) is 24.0 Å². The Hall–Kier alpha value is -6.08. The molecule has 5 saturated heterocycles. The van der Waals surface area contributed by atoms with E-state index in [1.807, 2.05) is 24.0 Å². The minimum Gasteiger partial charge on any atom is -0.508 e. The highest BCUT2D eigenvalue weighted by Gasteiger charge is 2.47. The monoisotopic (exact) mass is 998 g/mol. The number of phenolic OH excluding ortho intramolecular Hbond substituents is 1. The number of hydrogen-bond donors (Lipinski definition) is 3. The van der Waals surface area contributed by atoms with Crippen molar-refractivity contribution < 1.29 is 38.1 Å². The summed E-state index contributed by atoms with van der Waals surface area (Å²) in [6.45, 7) is 14.2. The summed E-state index contributed by atoms with van der Waals surface area (Å²) in [5.41, 5.74) is 2.30. The van der Waals surface area contributed by atoms with Gasteiger partial charge in [-0.3, -0.25) is 34.5 Å². The van der Waals surface area contributed by atoms with Gasteiger partial charge in [-0.25, -0.2) is 8.78 Å². The Labute approximate surface area is 423 Å². The number of aromatic hydroxyl groups is 1. The van der Waals surface area contributed by atoms with E-state index in [4.69, 9.17) is 14.7 Å². The van der Waals surface area contributed by atoms with Gasteiger partial charge in [0.1, 0.15) is 34.6 Å². The minimum absolute atomic E-state index is 0.0148. The molecule has 12 rings (SSSR count). The molecule has 3 aromatic carbocycles. The van der Waals surface area contributed by atoms with E-state index in [1.165, 1.54) is 18.3 Å². The van der Waals surface area contributed by atoms with Crippen molar-refractivity contribution in [3.63, 3.8) is 0 Å². The first-order valence-corrected chi connectivity index (χ1v) is 26.4. The lowest BCUT2D eigenvalue weighted by Crippen LogP contribution is -2.66. The van der Waals surface area contributed by atoms with E-state index >= 15 is 8.78 Å². The lowest BCUT2D eigenvalue weighted by atomic mass is 9.94. The van der Waals surface area contributed by atoms with Crippen molar-refractivity contribution in [2.75, 3.05) is 88.4 Å². The number of aliphatic hydroxyl groups is 1. The van der Waals surface area contributed by atoms with Gasteiger partial charge in [-0.2, -0.15) is 9.97 Å². The van der Waals surface area contributed by atoms with Crippen LogP contribution in [0.2, 0.25) is 0 Å². The summed E-state index contributed by atoms with van der Waals surface area (Å²) in [5.74, 6) is -1.59. The molecule has 0 spiro atoms. The van der Waals surface area contributed by atoms with Crippen LogP contribution < -0.4 is 19.9 Å². The molecule has 2 atom stereocenters. The summed E-state index contributed by atoms with van der Waals surface area (Å²) in [6.07, 6.45) is 8.12. The van der Waals surface area contributed by atoms with Crippen molar-refractivity contribution >= 4 is 50.9 Å². The number of anilines is 2. The number of piperidine rings is 3. The van der Waals surface area contributed by atoms with E-state index in [9.17, 15) is 24.6 Å². The van der Waals surface area contributed by atoms with Crippen LogP contribution in [0.3, 0.4) is 0 Å². The van der Waals surface area contributed by atoms with Crippen LogP contribution >= 0.6 is 0 Å². The molecule has 0 radical (unpaired) electrons. The summed E-state index contributed by atoms with van der Waals surface area (Å²) in [7, 11) is 0. The van der Waals surface area contributed by atoms with Crippen molar-refractivity contribution in [1.82, 2.24) is 39.9 Å². The zero-order valence-electron chi connectivity index (χ0n) is 41.7. The Kier molecular flexibility index (Phi) is 12.3. The van der Waals surface area contributed by atoms with E-state index in [0.717, 1.165) is 102 Å². The molecule has 1 aliphatic carbocycles. The number of carbonyl (C=O) groups excluding carboxylic acids is 3. The number of halogens is 2. The highest BCUT2D eigenvalue weighted by molar-refractivity contribution is 6.06. The average Bonchev–Trinajstić information content (AvgIpc) is 4.05. The van der Waals surface area contributed by atoms with Crippen molar-refractivity contribution in [1.29, 1.82) is 0 Å². The van der Waals surface area contributed by atoms with Gasteiger partial charge in [0.05, 0.1) is 17.6 Å². The Morgan fingerprint density at radius 1 is 0.863 bits per heavy atom. The van der Waals surface area contributed by atoms with Gasteiger partial charge in [0.25, 0.3) is 5.91 Å². The van der Waals surface area contributed by atoms with Crippen molar-refractivity contribution in [3.8, 4) is 23.0 Å². The van der Waals surface area contributed by atoms with Crippen LogP contribution in [0.15, 0.2) is 48.7 Å². The van der Waals surface area contributed by atoms with Gasteiger partial charge in [0, 0.05) is 112 Å². The molecule has 6 aliphatic heterocycles. The van der Waals surface area contributed by atoms with E-state index in [0.29, 0.717) is 90.7 Å². The number of carbonyl (C=O) groups is 3. The van der Waals surface area contributed by atoms with Gasteiger partial charge >= 0.3 is 6.01 Å². The number of ether oxygens (including phenoxy) is 1. The molecule has 7 aliphatic rings. The fraction of sp³-hybridized carbons (Fsp3) is 0.527. The number of phenols is 1. The van der Waals surface area contributed by atoms with Crippen LogP contribution in [-0.4, -0.2) is 165 Å². The van der Waals surface area contributed by atoms with Crippen molar-refractivity contribution in [2.24, 2.45) is 5.41 Å². The molecule has 2 aromatic heterocycles. The van der Waals surface area contributed by atoms with Crippen LogP contribution in [0.4, 0.5) is 20.3 Å². The Balaban J connectivity index is 0.659. The molecular formula is C55H64F2N10O6. The second-order valence-electron chi connectivity index (χ2n) is 22.2. The summed E-state index contributed by atoms with van der Waals surface area (Å²) in [4.78, 5) is 65.5. The van der Waals surface area contributed by atoms with Crippen molar-refractivity contribution in [3.05, 3.63) is 77.0 Å². The second-order valence-corrected chi connectivity index (χ2v) is 22.2. The Morgan fingerprint density at radius 2 is 1.66 bits per heavy atom. The number of piperazine rings is 1. The Bertz CT molecular complexity index is 3020. The predicted molar refractivity (Wildman–Crippen MR) is 272 cm³/mol. The van der Waals surface area contributed by atoms with Crippen LogP contribution in [0.5, 0.6) is 11.8 Å². The third kappa shape index (κ3) is 9.11. The number of fused-ring (bicyclic) bond motifs is 3. The lowest BCUT2D eigenvalue weighted by molar-refractivity contribution is -0.136. The smallest absolute Gasteiger partial charge is 0.319 e. The molecule has 18 heteroatoms. The molecule has 16 nitrogen and oxygen atoms in total. The van der Waals surface area contributed by atoms with Gasteiger partial charge in [0.15, 0.2) is 5.82 Å². The van der Waals surface area contributed by atoms with Gasteiger partial charge in [0.2, 0.25) is 11.8 Å². The average molecular weight is 999 g/mol.